The van der Waals surface area contributed by atoms with Crippen LogP contribution in [0.3, 0.4) is 0 Å². The van der Waals surface area contributed by atoms with Crippen LogP contribution in [0.15, 0.2) is 18.2 Å². The Balaban J connectivity index is 1.90. The van der Waals surface area contributed by atoms with Crippen molar-refractivity contribution in [2.45, 2.75) is 77.4 Å². The molecule has 0 saturated heterocycles. The molecule has 1 aromatic rings. The van der Waals surface area contributed by atoms with Crippen LogP contribution in [0, 0.1) is 6.92 Å². The highest BCUT2D eigenvalue weighted by atomic mass is 16.5. The molecule has 1 aliphatic carbocycles. The van der Waals surface area contributed by atoms with Crippen LogP contribution >= 0.6 is 0 Å². The van der Waals surface area contributed by atoms with Gasteiger partial charge < -0.3 is 14.7 Å². The third-order valence-electron chi connectivity index (χ3n) is 5.07. The lowest BCUT2D eigenvalue weighted by Gasteiger charge is -2.32. The molecule has 0 amide bonds. The molecule has 3 nitrogen and oxygen atoms in total. The Morgan fingerprint density at radius 2 is 1.88 bits per heavy atom. The van der Waals surface area contributed by atoms with Crippen LogP contribution in [-0.2, 0) is 5.41 Å². The molecule has 1 saturated carbocycles. The van der Waals surface area contributed by atoms with E-state index in [9.17, 15) is 5.11 Å². The Bertz CT molecular complexity index is 515. The molecule has 0 aromatic heterocycles. The molecular formula is C21H35NO2. The second-order valence-corrected chi connectivity index (χ2v) is 8.45. The summed E-state index contributed by atoms with van der Waals surface area (Å²) in [6.07, 6.45) is 6.07. The number of nitrogens with zero attached hydrogens (tertiary/aromatic N) is 1. The second kappa shape index (κ2) is 8.35. The molecule has 136 valence electrons. The first-order valence-electron chi connectivity index (χ1n) is 9.39. The lowest BCUT2D eigenvalue weighted by atomic mass is 9.85. The SMILES string of the molecule is Cc1ccc(OC[C@H](O)CN(C)C2CCCCC2)c(C(C)(C)C)c1. The van der Waals surface area contributed by atoms with Crippen molar-refractivity contribution in [3.05, 3.63) is 29.3 Å². The molecule has 1 aromatic carbocycles. The quantitative estimate of drug-likeness (QED) is 0.842. The number of hydrogen-bond acceptors (Lipinski definition) is 3. The molecule has 1 atom stereocenters. The van der Waals surface area contributed by atoms with Gasteiger partial charge in [-0.3, -0.25) is 0 Å². The van der Waals surface area contributed by atoms with Crippen LogP contribution in [0.5, 0.6) is 5.75 Å². The van der Waals surface area contributed by atoms with E-state index in [0.29, 0.717) is 19.2 Å². The summed E-state index contributed by atoms with van der Waals surface area (Å²) in [6.45, 7) is 9.73. The zero-order valence-electron chi connectivity index (χ0n) is 16.1. The first-order valence-corrected chi connectivity index (χ1v) is 9.39. The van der Waals surface area contributed by atoms with E-state index in [-0.39, 0.29) is 5.41 Å². The maximum atomic E-state index is 10.4. The molecule has 0 unspecified atom stereocenters. The summed E-state index contributed by atoms with van der Waals surface area (Å²) in [5, 5.41) is 10.4. The van der Waals surface area contributed by atoms with Gasteiger partial charge in [0.2, 0.25) is 0 Å². The van der Waals surface area contributed by atoms with Gasteiger partial charge in [0, 0.05) is 12.6 Å². The van der Waals surface area contributed by atoms with Gasteiger partial charge in [-0.15, -0.1) is 0 Å². The van der Waals surface area contributed by atoms with Gasteiger partial charge in [0.15, 0.2) is 0 Å². The van der Waals surface area contributed by atoms with Crippen molar-refractivity contribution in [2.75, 3.05) is 20.2 Å². The molecule has 1 N–H and O–H groups in total. The predicted octanol–water partition coefficient (Wildman–Crippen LogP) is 4.30. The molecule has 3 heteroatoms. The van der Waals surface area contributed by atoms with Crippen molar-refractivity contribution in [3.8, 4) is 5.75 Å². The van der Waals surface area contributed by atoms with E-state index >= 15 is 0 Å². The first kappa shape index (κ1) is 19.3. The number of aryl methyl sites for hydroxylation is 1. The zero-order valence-corrected chi connectivity index (χ0v) is 16.1. The maximum Gasteiger partial charge on any atom is 0.123 e. The van der Waals surface area contributed by atoms with Crippen LogP contribution in [0.1, 0.15) is 64.0 Å². The highest BCUT2D eigenvalue weighted by Gasteiger charge is 2.22. The third kappa shape index (κ3) is 5.49. The summed E-state index contributed by atoms with van der Waals surface area (Å²) in [5.41, 5.74) is 2.48. The topological polar surface area (TPSA) is 32.7 Å². The summed E-state index contributed by atoms with van der Waals surface area (Å²) >= 11 is 0. The molecule has 0 aliphatic heterocycles. The van der Waals surface area contributed by atoms with Gasteiger partial charge in [0.1, 0.15) is 18.5 Å². The van der Waals surface area contributed by atoms with Gasteiger partial charge in [0.25, 0.3) is 0 Å². The van der Waals surface area contributed by atoms with Crippen LogP contribution in [0.4, 0.5) is 0 Å². The highest BCUT2D eigenvalue weighted by Crippen LogP contribution is 2.32. The molecule has 0 spiro atoms. The third-order valence-corrected chi connectivity index (χ3v) is 5.07. The summed E-state index contributed by atoms with van der Waals surface area (Å²) < 4.78 is 5.99. The maximum absolute atomic E-state index is 10.4. The van der Waals surface area contributed by atoms with Crippen molar-refractivity contribution >= 4 is 0 Å². The Morgan fingerprint density at radius 1 is 1.21 bits per heavy atom. The van der Waals surface area contributed by atoms with E-state index in [1.807, 2.05) is 6.07 Å². The van der Waals surface area contributed by atoms with Gasteiger partial charge in [-0.2, -0.15) is 0 Å². The lowest BCUT2D eigenvalue weighted by molar-refractivity contribution is 0.0556. The van der Waals surface area contributed by atoms with Crippen molar-refractivity contribution in [2.24, 2.45) is 0 Å². The van der Waals surface area contributed by atoms with E-state index in [1.165, 1.54) is 43.2 Å². The largest absolute Gasteiger partial charge is 0.491 e. The zero-order chi connectivity index (χ0) is 17.7. The fourth-order valence-electron chi connectivity index (χ4n) is 3.60. The van der Waals surface area contributed by atoms with Crippen LogP contribution in [0.25, 0.3) is 0 Å². The van der Waals surface area contributed by atoms with Gasteiger partial charge in [-0.1, -0.05) is 57.7 Å². The average Bonchev–Trinajstić information content (AvgIpc) is 2.53. The minimum absolute atomic E-state index is 0.0329. The number of rotatable bonds is 6. The molecule has 1 fully saturated rings. The van der Waals surface area contributed by atoms with E-state index in [4.69, 9.17) is 4.74 Å². The minimum Gasteiger partial charge on any atom is -0.491 e. The molecule has 24 heavy (non-hydrogen) atoms. The van der Waals surface area contributed by atoms with E-state index < -0.39 is 6.10 Å². The van der Waals surface area contributed by atoms with Crippen LogP contribution in [-0.4, -0.2) is 42.4 Å². The van der Waals surface area contributed by atoms with E-state index in [1.54, 1.807) is 0 Å². The molecule has 1 aliphatic rings. The fourth-order valence-corrected chi connectivity index (χ4v) is 3.60. The first-order chi connectivity index (χ1) is 11.3. The Kier molecular flexibility index (Phi) is 6.70. The van der Waals surface area contributed by atoms with Crippen molar-refractivity contribution in [1.82, 2.24) is 4.90 Å². The summed E-state index contributed by atoms with van der Waals surface area (Å²) in [5.74, 6) is 0.896. The number of ether oxygens (including phenoxy) is 1. The van der Waals surface area contributed by atoms with E-state index in [0.717, 1.165) is 5.75 Å². The molecular weight excluding hydrogens is 298 g/mol. The summed E-state index contributed by atoms with van der Waals surface area (Å²) in [6, 6.07) is 6.92. The molecule has 0 bridgehead atoms. The molecule has 2 rings (SSSR count). The van der Waals surface area contributed by atoms with Crippen LogP contribution < -0.4 is 4.74 Å². The number of likely N-dealkylation sites (N-methyl/N-ethyl adjacent to an activating group) is 1. The lowest BCUT2D eigenvalue weighted by Crippen LogP contribution is -2.40. The Morgan fingerprint density at radius 3 is 2.50 bits per heavy atom. The fraction of sp³-hybridized carbons (Fsp3) is 0.714. The summed E-state index contributed by atoms with van der Waals surface area (Å²) in [4.78, 5) is 2.31. The smallest absolute Gasteiger partial charge is 0.123 e. The highest BCUT2D eigenvalue weighted by molar-refractivity contribution is 5.41. The second-order valence-electron chi connectivity index (χ2n) is 8.45. The van der Waals surface area contributed by atoms with Gasteiger partial charge in [-0.05, 0) is 43.9 Å². The van der Waals surface area contributed by atoms with Gasteiger partial charge in [0.05, 0.1) is 0 Å². The average molecular weight is 334 g/mol. The van der Waals surface area contributed by atoms with Gasteiger partial charge in [-0.25, -0.2) is 0 Å². The number of aliphatic hydroxyl groups excluding tert-OH is 1. The van der Waals surface area contributed by atoms with Crippen LogP contribution in [0.2, 0.25) is 0 Å². The number of benzene rings is 1. The van der Waals surface area contributed by atoms with Crippen molar-refractivity contribution in [1.29, 1.82) is 0 Å². The Hall–Kier alpha value is -1.06. The minimum atomic E-state index is -0.453. The number of aliphatic hydroxyl groups is 1. The Labute approximate surface area is 148 Å². The standard InChI is InChI=1S/C21H35NO2/c1-16-11-12-20(19(13-16)21(2,3)4)24-15-18(23)14-22(5)17-9-7-6-8-10-17/h11-13,17-18,23H,6-10,14-15H2,1-5H3/t18-/m1/s1. The van der Waals surface area contributed by atoms with E-state index in [2.05, 4.69) is 51.8 Å². The normalized spacial score (nSPS) is 18.0. The van der Waals surface area contributed by atoms with Gasteiger partial charge >= 0.3 is 0 Å². The molecule has 0 heterocycles. The predicted molar refractivity (Wildman–Crippen MR) is 101 cm³/mol. The molecule has 0 radical (unpaired) electrons. The monoisotopic (exact) mass is 333 g/mol. The number of hydrogen-bond donors (Lipinski definition) is 1. The van der Waals surface area contributed by atoms with Crippen molar-refractivity contribution in [3.63, 3.8) is 0 Å². The summed E-state index contributed by atoms with van der Waals surface area (Å²) in [7, 11) is 2.13. The van der Waals surface area contributed by atoms with Crippen molar-refractivity contribution < 1.29 is 9.84 Å².